The fourth-order valence-corrected chi connectivity index (χ4v) is 3.31. The molecule has 0 saturated carbocycles. The van der Waals surface area contributed by atoms with Crippen molar-refractivity contribution in [1.82, 2.24) is 0 Å². The molecule has 1 aliphatic rings. The van der Waals surface area contributed by atoms with Crippen molar-refractivity contribution in [3.63, 3.8) is 0 Å². The Morgan fingerprint density at radius 2 is 1.96 bits per heavy atom. The quantitative estimate of drug-likeness (QED) is 0.572. The van der Waals surface area contributed by atoms with Crippen LogP contribution < -0.4 is 0 Å². The Kier molecular flexibility index (Phi) is 6.93. The van der Waals surface area contributed by atoms with Crippen molar-refractivity contribution in [1.29, 1.82) is 0 Å². The molecule has 4 heteroatoms. The number of hydrogen-bond donors (Lipinski definition) is 1. The van der Waals surface area contributed by atoms with E-state index >= 15 is 0 Å². The van der Waals surface area contributed by atoms with Crippen molar-refractivity contribution in [3.8, 4) is 23.0 Å². The van der Waals surface area contributed by atoms with Crippen LogP contribution in [0.1, 0.15) is 38.2 Å². The highest BCUT2D eigenvalue weighted by Gasteiger charge is 2.20. The van der Waals surface area contributed by atoms with Gasteiger partial charge in [-0.2, -0.15) is 0 Å². The molecule has 1 aliphatic heterocycles. The van der Waals surface area contributed by atoms with Crippen LogP contribution in [-0.2, 0) is 15.1 Å². The Morgan fingerprint density at radius 1 is 1.19 bits per heavy atom. The number of hydrogen-bond acceptors (Lipinski definition) is 3. The summed E-state index contributed by atoms with van der Waals surface area (Å²) in [6, 6.07) is 15.4. The van der Waals surface area contributed by atoms with Gasteiger partial charge >= 0.3 is 0 Å². The molecule has 0 spiro atoms. The Labute approximate surface area is 166 Å². The standard InChI is InChI=1S/C23H25ClO3/c1-23(25,15-5-7-17-27-22-10-4-6-16-26-22)19-13-11-18(12-14-19)20-8-2-3-9-21(20)24/h2-3,8-9,11-14,22,25H,4,6-7,10,16-17H2,1H3. The average molecular weight is 385 g/mol. The summed E-state index contributed by atoms with van der Waals surface area (Å²) in [6.07, 6.45) is 3.67. The van der Waals surface area contributed by atoms with E-state index in [4.69, 9.17) is 21.1 Å². The molecule has 0 radical (unpaired) electrons. The first-order chi connectivity index (χ1) is 13.1. The van der Waals surface area contributed by atoms with Crippen molar-refractivity contribution >= 4 is 11.6 Å². The first-order valence-electron chi connectivity index (χ1n) is 9.37. The van der Waals surface area contributed by atoms with Crippen LogP contribution in [0.4, 0.5) is 0 Å². The summed E-state index contributed by atoms with van der Waals surface area (Å²) in [4.78, 5) is 0. The highest BCUT2D eigenvalue weighted by molar-refractivity contribution is 6.33. The van der Waals surface area contributed by atoms with E-state index in [1.54, 1.807) is 6.92 Å². The van der Waals surface area contributed by atoms with E-state index in [0.717, 1.165) is 42.6 Å². The highest BCUT2D eigenvalue weighted by Crippen LogP contribution is 2.29. The number of benzene rings is 2. The van der Waals surface area contributed by atoms with Crippen molar-refractivity contribution in [2.75, 3.05) is 13.2 Å². The van der Waals surface area contributed by atoms with Gasteiger partial charge in [0.2, 0.25) is 0 Å². The zero-order valence-corrected chi connectivity index (χ0v) is 16.3. The van der Waals surface area contributed by atoms with E-state index in [0.29, 0.717) is 18.1 Å². The molecule has 0 aliphatic carbocycles. The molecule has 142 valence electrons. The number of rotatable bonds is 5. The normalized spacial score (nSPS) is 19.0. The van der Waals surface area contributed by atoms with Gasteiger partial charge < -0.3 is 14.6 Å². The topological polar surface area (TPSA) is 38.7 Å². The summed E-state index contributed by atoms with van der Waals surface area (Å²) < 4.78 is 11.2. The monoisotopic (exact) mass is 384 g/mol. The van der Waals surface area contributed by atoms with Gasteiger partial charge in [-0.25, -0.2) is 0 Å². The van der Waals surface area contributed by atoms with Crippen molar-refractivity contribution in [2.24, 2.45) is 0 Å². The van der Waals surface area contributed by atoms with E-state index in [2.05, 4.69) is 11.8 Å². The van der Waals surface area contributed by atoms with E-state index in [1.807, 2.05) is 48.5 Å². The number of ether oxygens (including phenoxy) is 2. The Morgan fingerprint density at radius 3 is 2.67 bits per heavy atom. The van der Waals surface area contributed by atoms with Crippen LogP contribution in [0.2, 0.25) is 5.02 Å². The van der Waals surface area contributed by atoms with Crippen molar-refractivity contribution in [3.05, 3.63) is 59.1 Å². The molecule has 2 aromatic rings. The lowest BCUT2D eigenvalue weighted by Crippen LogP contribution is -2.22. The summed E-state index contributed by atoms with van der Waals surface area (Å²) >= 11 is 6.25. The van der Waals surface area contributed by atoms with Crippen LogP contribution in [0, 0.1) is 11.8 Å². The Hall–Kier alpha value is -1.83. The summed E-state index contributed by atoms with van der Waals surface area (Å²) in [6.45, 7) is 2.99. The third-order valence-corrected chi connectivity index (χ3v) is 4.96. The molecule has 0 bridgehead atoms. The summed E-state index contributed by atoms with van der Waals surface area (Å²) in [5.74, 6) is 5.96. The van der Waals surface area contributed by atoms with Gasteiger partial charge in [0.15, 0.2) is 6.29 Å². The zero-order chi connectivity index (χ0) is 19.1. The lowest BCUT2D eigenvalue weighted by Gasteiger charge is -2.22. The molecule has 0 amide bonds. The SMILES string of the molecule is CC(O)(C#CCCOC1CCCCO1)c1ccc(-c2ccccc2Cl)cc1. The van der Waals surface area contributed by atoms with E-state index in [9.17, 15) is 5.11 Å². The van der Waals surface area contributed by atoms with E-state index in [-0.39, 0.29) is 6.29 Å². The predicted octanol–water partition coefficient (Wildman–Crippen LogP) is 5.15. The minimum absolute atomic E-state index is 0.0987. The maximum atomic E-state index is 10.7. The first-order valence-corrected chi connectivity index (χ1v) is 9.75. The molecule has 1 N–H and O–H groups in total. The van der Waals surface area contributed by atoms with E-state index in [1.165, 1.54) is 0 Å². The molecule has 0 aromatic heterocycles. The van der Waals surface area contributed by atoms with E-state index < -0.39 is 5.60 Å². The molecule has 2 aromatic carbocycles. The van der Waals surface area contributed by atoms with Gasteiger partial charge in [-0.15, -0.1) is 0 Å². The van der Waals surface area contributed by atoms with Gasteiger partial charge in [0.05, 0.1) is 6.61 Å². The molecular weight excluding hydrogens is 360 g/mol. The smallest absolute Gasteiger partial charge is 0.157 e. The fraction of sp³-hybridized carbons (Fsp3) is 0.391. The van der Waals surface area contributed by atoms with Gasteiger partial charge in [0, 0.05) is 23.6 Å². The lowest BCUT2D eigenvalue weighted by atomic mass is 9.94. The van der Waals surface area contributed by atoms with Gasteiger partial charge in [-0.1, -0.05) is 65.9 Å². The average Bonchev–Trinajstić information content (AvgIpc) is 2.69. The predicted molar refractivity (Wildman–Crippen MR) is 108 cm³/mol. The molecular formula is C23H25ClO3. The molecule has 1 heterocycles. The minimum Gasteiger partial charge on any atom is -0.374 e. The van der Waals surface area contributed by atoms with Gasteiger partial charge in [-0.05, 0) is 43.4 Å². The lowest BCUT2D eigenvalue weighted by molar-refractivity contribution is -0.161. The van der Waals surface area contributed by atoms with Crippen molar-refractivity contribution < 1.29 is 14.6 Å². The van der Waals surface area contributed by atoms with Crippen LogP contribution in [0.25, 0.3) is 11.1 Å². The zero-order valence-electron chi connectivity index (χ0n) is 15.6. The van der Waals surface area contributed by atoms with Crippen LogP contribution in [-0.4, -0.2) is 24.6 Å². The second-order valence-corrected chi connectivity index (χ2v) is 7.26. The third-order valence-electron chi connectivity index (χ3n) is 4.63. The molecule has 1 saturated heterocycles. The third kappa shape index (κ3) is 5.57. The Bertz CT molecular complexity index is 796. The molecule has 3 rings (SSSR count). The van der Waals surface area contributed by atoms with Crippen LogP contribution in [0.5, 0.6) is 0 Å². The summed E-state index contributed by atoms with van der Waals surface area (Å²) in [5, 5.41) is 11.4. The molecule has 2 atom stereocenters. The second kappa shape index (κ2) is 9.39. The van der Waals surface area contributed by atoms with Crippen LogP contribution in [0.3, 0.4) is 0 Å². The van der Waals surface area contributed by atoms with Crippen molar-refractivity contribution in [2.45, 2.75) is 44.5 Å². The number of halogens is 1. The van der Waals surface area contributed by atoms with Gasteiger partial charge in [0.1, 0.15) is 5.60 Å². The van der Waals surface area contributed by atoms with Crippen LogP contribution in [0.15, 0.2) is 48.5 Å². The highest BCUT2D eigenvalue weighted by atomic mass is 35.5. The second-order valence-electron chi connectivity index (χ2n) is 6.85. The van der Waals surface area contributed by atoms with Crippen LogP contribution >= 0.6 is 11.6 Å². The Balaban J connectivity index is 1.57. The molecule has 3 nitrogen and oxygen atoms in total. The minimum atomic E-state index is -1.21. The number of aliphatic hydroxyl groups is 1. The maximum absolute atomic E-state index is 10.7. The fourth-order valence-electron chi connectivity index (χ4n) is 3.06. The van der Waals surface area contributed by atoms with Gasteiger partial charge in [0.25, 0.3) is 0 Å². The maximum Gasteiger partial charge on any atom is 0.157 e. The van der Waals surface area contributed by atoms with Gasteiger partial charge in [-0.3, -0.25) is 0 Å². The summed E-state index contributed by atoms with van der Waals surface area (Å²) in [5.41, 5.74) is 1.52. The first kappa shape index (κ1) is 19.9. The molecule has 1 fully saturated rings. The molecule has 27 heavy (non-hydrogen) atoms. The molecule has 2 unspecified atom stereocenters. The largest absolute Gasteiger partial charge is 0.374 e. The summed E-state index contributed by atoms with van der Waals surface area (Å²) in [7, 11) is 0.